The van der Waals surface area contributed by atoms with Gasteiger partial charge < -0.3 is 10.4 Å². The Labute approximate surface area is 127 Å². The molecule has 1 unspecified atom stereocenters. The molecule has 0 radical (unpaired) electrons. The second-order valence-corrected chi connectivity index (χ2v) is 5.53. The number of nitrogens with zero attached hydrogens (tertiary/aromatic N) is 1. The van der Waals surface area contributed by atoms with E-state index in [9.17, 15) is 9.59 Å². The molecule has 0 aliphatic heterocycles. The molecule has 1 fully saturated rings. The molecule has 1 atom stereocenters. The zero-order chi connectivity index (χ0) is 15.5. The number of aromatic amines is 1. The quantitative estimate of drug-likeness (QED) is 0.763. The molecular weight excluding hydrogens is 282 g/mol. The van der Waals surface area contributed by atoms with E-state index in [1.165, 1.54) is 0 Å². The van der Waals surface area contributed by atoms with Crippen molar-refractivity contribution in [1.82, 2.24) is 10.2 Å². The number of aliphatic carboxylic acids is 1. The van der Waals surface area contributed by atoms with Crippen LogP contribution in [0.2, 0.25) is 0 Å². The zero-order valence-corrected chi connectivity index (χ0v) is 12.0. The van der Waals surface area contributed by atoms with Crippen LogP contribution in [0.3, 0.4) is 0 Å². The van der Waals surface area contributed by atoms with Crippen LogP contribution < -0.4 is 5.32 Å². The number of H-pyrrole nitrogens is 1. The lowest BCUT2D eigenvalue weighted by Gasteiger charge is -2.14. The number of rotatable bonds is 6. The predicted molar refractivity (Wildman–Crippen MR) is 80.6 cm³/mol. The zero-order valence-electron chi connectivity index (χ0n) is 12.0. The minimum atomic E-state index is -1.01. The lowest BCUT2D eigenvalue weighted by atomic mass is 9.95. The molecule has 1 saturated carbocycles. The number of anilines is 1. The highest BCUT2D eigenvalue weighted by Gasteiger charge is 2.27. The summed E-state index contributed by atoms with van der Waals surface area (Å²) in [5.74, 6) is -1.15. The molecule has 6 heteroatoms. The van der Waals surface area contributed by atoms with Gasteiger partial charge in [-0.1, -0.05) is 30.3 Å². The summed E-state index contributed by atoms with van der Waals surface area (Å²) < 4.78 is 0. The largest absolute Gasteiger partial charge is 0.481 e. The molecular formula is C16H17N3O3. The summed E-state index contributed by atoms with van der Waals surface area (Å²) >= 11 is 0. The first kappa shape index (κ1) is 14.3. The highest BCUT2D eigenvalue weighted by Crippen LogP contribution is 2.39. The maximum absolute atomic E-state index is 12.4. The first-order valence-corrected chi connectivity index (χ1v) is 7.26. The van der Waals surface area contributed by atoms with E-state index in [1.807, 2.05) is 12.1 Å². The van der Waals surface area contributed by atoms with E-state index in [2.05, 4.69) is 15.5 Å². The summed E-state index contributed by atoms with van der Waals surface area (Å²) in [6, 6.07) is 10.7. The van der Waals surface area contributed by atoms with Crippen molar-refractivity contribution in [3.05, 3.63) is 47.7 Å². The first-order chi connectivity index (χ1) is 10.6. The van der Waals surface area contributed by atoms with Crippen molar-refractivity contribution < 1.29 is 14.7 Å². The normalized spacial score (nSPS) is 15.3. The van der Waals surface area contributed by atoms with Gasteiger partial charge in [-0.25, -0.2) is 0 Å². The molecule has 1 aromatic carbocycles. The Hall–Kier alpha value is -2.63. The van der Waals surface area contributed by atoms with Gasteiger partial charge in [-0.3, -0.25) is 14.7 Å². The van der Waals surface area contributed by atoms with Crippen molar-refractivity contribution in [2.75, 3.05) is 5.32 Å². The van der Waals surface area contributed by atoms with Gasteiger partial charge in [0.05, 0.1) is 12.3 Å². The third kappa shape index (κ3) is 3.33. The van der Waals surface area contributed by atoms with E-state index in [0.717, 1.165) is 18.5 Å². The number of amides is 1. The van der Waals surface area contributed by atoms with Gasteiger partial charge in [0, 0.05) is 17.7 Å². The summed E-state index contributed by atoms with van der Waals surface area (Å²) in [5.41, 5.74) is 1.70. The molecule has 1 aliphatic rings. The molecule has 22 heavy (non-hydrogen) atoms. The van der Waals surface area contributed by atoms with Gasteiger partial charge in [0.1, 0.15) is 0 Å². The Bertz CT molecular complexity index is 677. The maximum atomic E-state index is 12.4. The molecule has 1 aliphatic carbocycles. The summed E-state index contributed by atoms with van der Waals surface area (Å²) in [6.07, 6.45) is 2.03. The van der Waals surface area contributed by atoms with Crippen molar-refractivity contribution in [3.63, 3.8) is 0 Å². The fraction of sp³-hybridized carbons (Fsp3) is 0.312. The third-order valence-electron chi connectivity index (χ3n) is 3.76. The van der Waals surface area contributed by atoms with Gasteiger partial charge in [-0.15, -0.1) is 0 Å². The molecule has 114 valence electrons. The molecule has 1 amide bonds. The fourth-order valence-corrected chi connectivity index (χ4v) is 2.44. The fourth-order valence-electron chi connectivity index (χ4n) is 2.44. The molecule has 0 spiro atoms. The second kappa shape index (κ2) is 6.01. The number of aromatic nitrogens is 2. The van der Waals surface area contributed by atoms with E-state index in [4.69, 9.17) is 5.11 Å². The van der Waals surface area contributed by atoms with Crippen molar-refractivity contribution in [2.24, 2.45) is 0 Å². The van der Waals surface area contributed by atoms with Crippen molar-refractivity contribution in [2.45, 2.75) is 31.1 Å². The van der Waals surface area contributed by atoms with Crippen molar-refractivity contribution in [1.29, 1.82) is 0 Å². The average molecular weight is 299 g/mol. The lowest BCUT2D eigenvalue weighted by molar-refractivity contribution is -0.139. The second-order valence-electron chi connectivity index (χ2n) is 5.53. The predicted octanol–water partition coefficient (Wildman–Crippen LogP) is 2.48. The molecule has 3 rings (SSSR count). The third-order valence-corrected chi connectivity index (χ3v) is 3.76. The van der Waals surface area contributed by atoms with Gasteiger partial charge in [0.25, 0.3) is 0 Å². The molecule has 0 bridgehead atoms. The number of hydrogen-bond donors (Lipinski definition) is 3. The number of nitrogens with one attached hydrogen (secondary N) is 2. The number of carboxylic acids is 1. The van der Waals surface area contributed by atoms with Gasteiger partial charge in [-0.2, -0.15) is 5.10 Å². The van der Waals surface area contributed by atoms with E-state index in [0.29, 0.717) is 17.3 Å². The van der Waals surface area contributed by atoms with Crippen LogP contribution in [-0.4, -0.2) is 27.2 Å². The topological polar surface area (TPSA) is 95.1 Å². The maximum Gasteiger partial charge on any atom is 0.304 e. The van der Waals surface area contributed by atoms with E-state index >= 15 is 0 Å². The van der Waals surface area contributed by atoms with Crippen molar-refractivity contribution in [3.8, 4) is 0 Å². The van der Waals surface area contributed by atoms with Crippen LogP contribution in [0.1, 0.15) is 42.4 Å². The Kier molecular flexibility index (Phi) is 3.91. The SMILES string of the molecule is O=C(O)CC(C(=O)Nc1cc(C2CC2)[nH]n1)c1ccccc1. The highest BCUT2D eigenvalue weighted by molar-refractivity contribution is 5.97. The minimum Gasteiger partial charge on any atom is -0.481 e. The Morgan fingerprint density at radius 3 is 2.68 bits per heavy atom. The van der Waals surface area contributed by atoms with Crippen LogP contribution in [0.4, 0.5) is 5.82 Å². The number of benzene rings is 1. The van der Waals surface area contributed by atoms with Gasteiger partial charge >= 0.3 is 5.97 Å². The molecule has 1 aromatic heterocycles. The molecule has 2 aromatic rings. The van der Waals surface area contributed by atoms with Gasteiger partial charge in [0.2, 0.25) is 5.91 Å². The Morgan fingerprint density at radius 1 is 1.32 bits per heavy atom. The number of carboxylic acid groups (broad SMARTS) is 1. The van der Waals surface area contributed by atoms with E-state index < -0.39 is 11.9 Å². The molecule has 3 N–H and O–H groups in total. The monoisotopic (exact) mass is 299 g/mol. The van der Waals surface area contributed by atoms with Crippen LogP contribution >= 0.6 is 0 Å². The minimum absolute atomic E-state index is 0.254. The Morgan fingerprint density at radius 2 is 2.05 bits per heavy atom. The average Bonchev–Trinajstić information content (AvgIpc) is 3.26. The van der Waals surface area contributed by atoms with Crippen molar-refractivity contribution >= 4 is 17.7 Å². The summed E-state index contributed by atoms with van der Waals surface area (Å²) in [4.78, 5) is 23.5. The number of carbonyl (C=O) groups is 2. The molecule has 1 heterocycles. The van der Waals surface area contributed by atoms with Crippen LogP contribution in [0.15, 0.2) is 36.4 Å². The number of carbonyl (C=O) groups excluding carboxylic acids is 1. The standard InChI is InChI=1S/C16H17N3O3/c20-15(21)8-12(10-4-2-1-3-5-10)16(22)17-14-9-13(18-19-14)11-6-7-11/h1-5,9,11-12H,6-8H2,(H,20,21)(H2,17,18,19,22). The highest BCUT2D eigenvalue weighted by atomic mass is 16.4. The van der Waals surface area contributed by atoms with Crippen LogP contribution in [0, 0.1) is 0 Å². The van der Waals surface area contributed by atoms with Gasteiger partial charge in [-0.05, 0) is 18.4 Å². The number of hydrogen-bond acceptors (Lipinski definition) is 3. The smallest absolute Gasteiger partial charge is 0.304 e. The first-order valence-electron chi connectivity index (χ1n) is 7.26. The van der Waals surface area contributed by atoms with Crippen LogP contribution in [0.5, 0.6) is 0 Å². The van der Waals surface area contributed by atoms with E-state index in [-0.39, 0.29) is 12.3 Å². The van der Waals surface area contributed by atoms with Gasteiger partial charge in [0.15, 0.2) is 5.82 Å². The summed E-state index contributed by atoms with van der Waals surface area (Å²) in [5, 5.41) is 18.7. The molecule has 6 nitrogen and oxygen atoms in total. The summed E-state index contributed by atoms with van der Waals surface area (Å²) in [6.45, 7) is 0. The van der Waals surface area contributed by atoms with Crippen LogP contribution in [0.25, 0.3) is 0 Å². The van der Waals surface area contributed by atoms with E-state index in [1.54, 1.807) is 24.3 Å². The summed E-state index contributed by atoms with van der Waals surface area (Å²) in [7, 11) is 0. The lowest BCUT2D eigenvalue weighted by Crippen LogP contribution is -2.23. The molecule has 0 saturated heterocycles. The van der Waals surface area contributed by atoms with Crippen LogP contribution in [-0.2, 0) is 9.59 Å². The Balaban J connectivity index is 1.74.